The molecule has 7 heteroatoms. The summed E-state index contributed by atoms with van der Waals surface area (Å²) in [6.07, 6.45) is 1.96. The highest BCUT2D eigenvalue weighted by molar-refractivity contribution is 7.92. The zero-order valence-electron chi connectivity index (χ0n) is 11.7. The molecule has 0 atom stereocenters. The minimum absolute atomic E-state index is 0.0490. The minimum atomic E-state index is -3.68. The molecule has 1 aromatic carbocycles. The molecule has 0 radical (unpaired) electrons. The summed E-state index contributed by atoms with van der Waals surface area (Å²) in [4.78, 5) is 6.77. The molecule has 0 saturated heterocycles. The fraction of sp³-hybridized carbons (Fsp3) is 0.308. The number of aromatic nitrogens is 2. The SMILES string of the molecule is CCc1ncc(S(=O)(=O)Nc2ccc(C)c(N)c2C)[nH]1. The van der Waals surface area contributed by atoms with E-state index in [-0.39, 0.29) is 5.03 Å². The number of nitrogens with two attached hydrogens (primary N) is 1. The molecule has 0 aliphatic carbocycles. The van der Waals surface area contributed by atoms with E-state index in [9.17, 15) is 8.42 Å². The van der Waals surface area contributed by atoms with Gasteiger partial charge in [0.25, 0.3) is 10.0 Å². The second kappa shape index (κ2) is 5.16. The Kier molecular flexibility index (Phi) is 3.71. The maximum absolute atomic E-state index is 12.3. The highest BCUT2D eigenvalue weighted by Crippen LogP contribution is 2.26. The van der Waals surface area contributed by atoms with E-state index in [1.54, 1.807) is 19.1 Å². The molecular weight excluding hydrogens is 276 g/mol. The summed E-state index contributed by atoms with van der Waals surface area (Å²) in [7, 11) is -3.68. The zero-order valence-corrected chi connectivity index (χ0v) is 12.5. The van der Waals surface area contributed by atoms with E-state index in [2.05, 4.69) is 14.7 Å². The number of hydrogen-bond donors (Lipinski definition) is 3. The van der Waals surface area contributed by atoms with Gasteiger partial charge < -0.3 is 10.7 Å². The average molecular weight is 294 g/mol. The maximum atomic E-state index is 12.3. The molecule has 20 heavy (non-hydrogen) atoms. The van der Waals surface area contributed by atoms with Crippen LogP contribution >= 0.6 is 0 Å². The first kappa shape index (κ1) is 14.4. The predicted molar refractivity (Wildman–Crippen MR) is 79.1 cm³/mol. The number of hydrogen-bond acceptors (Lipinski definition) is 4. The van der Waals surface area contributed by atoms with Gasteiger partial charge in [-0.2, -0.15) is 8.42 Å². The van der Waals surface area contributed by atoms with Gasteiger partial charge in [-0.15, -0.1) is 0 Å². The second-order valence-corrected chi connectivity index (χ2v) is 6.27. The van der Waals surface area contributed by atoms with Crippen LogP contribution in [0.1, 0.15) is 23.9 Å². The van der Waals surface area contributed by atoms with E-state index in [4.69, 9.17) is 5.73 Å². The third-order valence-corrected chi connectivity index (χ3v) is 4.48. The van der Waals surface area contributed by atoms with E-state index in [0.29, 0.717) is 29.2 Å². The Morgan fingerprint density at radius 3 is 2.65 bits per heavy atom. The number of nitrogens with one attached hydrogen (secondary N) is 2. The van der Waals surface area contributed by atoms with Crippen molar-refractivity contribution in [1.29, 1.82) is 0 Å². The van der Waals surface area contributed by atoms with Crippen molar-refractivity contribution < 1.29 is 8.42 Å². The third kappa shape index (κ3) is 2.62. The van der Waals surface area contributed by atoms with Crippen LogP contribution in [0.5, 0.6) is 0 Å². The Morgan fingerprint density at radius 1 is 1.35 bits per heavy atom. The van der Waals surface area contributed by atoms with Crippen LogP contribution in [-0.4, -0.2) is 18.4 Å². The molecule has 0 fully saturated rings. The van der Waals surface area contributed by atoms with Gasteiger partial charge in [0.2, 0.25) is 0 Å². The van der Waals surface area contributed by atoms with Crippen molar-refractivity contribution in [2.24, 2.45) is 0 Å². The molecule has 0 amide bonds. The lowest BCUT2D eigenvalue weighted by Crippen LogP contribution is -2.15. The number of aromatic amines is 1. The molecule has 1 aromatic heterocycles. The summed E-state index contributed by atoms with van der Waals surface area (Å²) in [6, 6.07) is 3.49. The van der Waals surface area contributed by atoms with Gasteiger partial charge in [-0.1, -0.05) is 13.0 Å². The van der Waals surface area contributed by atoms with Gasteiger partial charge in [0.1, 0.15) is 5.82 Å². The van der Waals surface area contributed by atoms with Gasteiger partial charge in [-0.3, -0.25) is 4.72 Å². The first-order chi connectivity index (χ1) is 9.35. The lowest BCUT2D eigenvalue weighted by atomic mass is 10.1. The fourth-order valence-corrected chi connectivity index (χ4v) is 2.90. The monoisotopic (exact) mass is 294 g/mol. The van der Waals surface area contributed by atoms with Crippen molar-refractivity contribution in [3.8, 4) is 0 Å². The molecule has 0 aliphatic rings. The zero-order chi connectivity index (χ0) is 14.9. The molecule has 2 aromatic rings. The number of nitrogens with zero attached hydrogens (tertiary/aromatic N) is 1. The Balaban J connectivity index is 2.36. The molecule has 0 spiro atoms. The van der Waals surface area contributed by atoms with Crippen molar-refractivity contribution >= 4 is 21.4 Å². The van der Waals surface area contributed by atoms with Crippen molar-refractivity contribution in [2.75, 3.05) is 10.5 Å². The van der Waals surface area contributed by atoms with Gasteiger partial charge in [0, 0.05) is 12.1 Å². The number of aryl methyl sites for hydroxylation is 2. The van der Waals surface area contributed by atoms with Gasteiger partial charge in [-0.05, 0) is 31.0 Å². The number of sulfonamides is 1. The van der Waals surface area contributed by atoms with Crippen LogP contribution in [0.3, 0.4) is 0 Å². The Hall–Kier alpha value is -2.02. The fourth-order valence-electron chi connectivity index (χ4n) is 1.83. The topological polar surface area (TPSA) is 101 Å². The quantitative estimate of drug-likeness (QED) is 0.750. The molecule has 2 rings (SSSR count). The average Bonchev–Trinajstić information content (AvgIpc) is 2.89. The van der Waals surface area contributed by atoms with Crippen LogP contribution < -0.4 is 10.5 Å². The number of rotatable bonds is 4. The summed E-state index contributed by atoms with van der Waals surface area (Å²) < 4.78 is 27.0. The highest BCUT2D eigenvalue weighted by atomic mass is 32.2. The molecule has 0 bridgehead atoms. The number of benzene rings is 1. The van der Waals surface area contributed by atoms with Gasteiger partial charge in [0.05, 0.1) is 11.9 Å². The Morgan fingerprint density at radius 2 is 2.05 bits per heavy atom. The summed E-state index contributed by atoms with van der Waals surface area (Å²) in [6.45, 7) is 5.56. The van der Waals surface area contributed by atoms with Crippen LogP contribution in [0, 0.1) is 13.8 Å². The molecule has 4 N–H and O–H groups in total. The first-order valence-corrected chi connectivity index (χ1v) is 7.76. The first-order valence-electron chi connectivity index (χ1n) is 6.27. The van der Waals surface area contributed by atoms with Crippen molar-refractivity contribution in [1.82, 2.24) is 9.97 Å². The van der Waals surface area contributed by atoms with Gasteiger partial charge in [0.15, 0.2) is 5.03 Å². The number of imidazole rings is 1. The van der Waals surface area contributed by atoms with Crippen molar-refractivity contribution in [3.63, 3.8) is 0 Å². The minimum Gasteiger partial charge on any atom is -0.398 e. The molecule has 1 heterocycles. The van der Waals surface area contributed by atoms with Crippen molar-refractivity contribution in [2.45, 2.75) is 32.2 Å². The van der Waals surface area contributed by atoms with Crippen molar-refractivity contribution in [3.05, 3.63) is 35.3 Å². The normalized spacial score (nSPS) is 11.6. The Bertz CT molecular complexity index is 735. The molecule has 108 valence electrons. The molecule has 6 nitrogen and oxygen atoms in total. The molecular formula is C13H18N4O2S. The highest BCUT2D eigenvalue weighted by Gasteiger charge is 2.18. The second-order valence-electron chi connectivity index (χ2n) is 4.62. The standard InChI is InChI=1S/C13H18N4O2S/c1-4-11-15-7-12(16-11)20(18,19)17-10-6-5-8(2)13(14)9(10)3/h5-7,17H,4,14H2,1-3H3,(H,15,16). The lowest BCUT2D eigenvalue weighted by molar-refractivity contribution is 0.598. The van der Waals surface area contributed by atoms with Gasteiger partial charge in [-0.25, -0.2) is 4.98 Å². The Labute approximate surface area is 118 Å². The molecule has 0 aliphatic heterocycles. The smallest absolute Gasteiger partial charge is 0.278 e. The van der Waals surface area contributed by atoms with Crippen LogP contribution in [0.25, 0.3) is 0 Å². The third-order valence-electron chi connectivity index (χ3n) is 3.21. The number of nitrogen functional groups attached to an aromatic ring is 1. The summed E-state index contributed by atoms with van der Waals surface area (Å²) in [5, 5.41) is 0.0490. The number of anilines is 2. The van der Waals surface area contributed by atoms with E-state index in [1.165, 1.54) is 6.20 Å². The van der Waals surface area contributed by atoms with E-state index >= 15 is 0 Å². The van der Waals surface area contributed by atoms with Crippen LogP contribution in [-0.2, 0) is 16.4 Å². The maximum Gasteiger partial charge on any atom is 0.278 e. The predicted octanol–water partition coefficient (Wildman–Crippen LogP) is 1.97. The largest absolute Gasteiger partial charge is 0.398 e. The molecule has 0 unspecified atom stereocenters. The van der Waals surface area contributed by atoms with Crippen LogP contribution in [0.4, 0.5) is 11.4 Å². The van der Waals surface area contributed by atoms with E-state index in [1.807, 2.05) is 13.8 Å². The number of H-pyrrole nitrogens is 1. The van der Waals surface area contributed by atoms with Crippen LogP contribution in [0.2, 0.25) is 0 Å². The van der Waals surface area contributed by atoms with E-state index in [0.717, 1.165) is 5.56 Å². The molecule has 0 saturated carbocycles. The summed E-state index contributed by atoms with van der Waals surface area (Å²) in [5.74, 6) is 0.630. The summed E-state index contributed by atoms with van der Waals surface area (Å²) >= 11 is 0. The van der Waals surface area contributed by atoms with Gasteiger partial charge >= 0.3 is 0 Å². The van der Waals surface area contributed by atoms with E-state index < -0.39 is 10.0 Å². The van der Waals surface area contributed by atoms with Crippen LogP contribution in [0.15, 0.2) is 23.4 Å². The summed E-state index contributed by atoms with van der Waals surface area (Å²) in [5.41, 5.74) is 8.60. The lowest BCUT2D eigenvalue weighted by Gasteiger charge is -2.12.